The maximum atomic E-state index is 13.2. The van der Waals surface area contributed by atoms with Gasteiger partial charge in [-0.05, 0) is 50.3 Å². The summed E-state index contributed by atoms with van der Waals surface area (Å²) in [6.07, 6.45) is 3.40. The van der Waals surface area contributed by atoms with E-state index in [4.69, 9.17) is 4.74 Å². The lowest BCUT2D eigenvalue weighted by Gasteiger charge is -2.28. The first-order valence-electron chi connectivity index (χ1n) is 11.3. The van der Waals surface area contributed by atoms with Crippen LogP contribution in [0.3, 0.4) is 0 Å². The van der Waals surface area contributed by atoms with E-state index in [1.807, 2.05) is 18.2 Å². The second-order valence-corrected chi connectivity index (χ2v) is 9.22. The van der Waals surface area contributed by atoms with Crippen molar-refractivity contribution < 1.29 is 19.1 Å². The summed E-state index contributed by atoms with van der Waals surface area (Å²) in [4.78, 5) is 41.2. The van der Waals surface area contributed by atoms with Crippen LogP contribution in [0.15, 0.2) is 24.3 Å². The van der Waals surface area contributed by atoms with E-state index in [-0.39, 0.29) is 18.2 Å². The maximum absolute atomic E-state index is 13.2. The first-order chi connectivity index (χ1) is 15.8. The molecule has 1 aromatic heterocycles. The van der Waals surface area contributed by atoms with Gasteiger partial charge in [0.15, 0.2) is 0 Å². The summed E-state index contributed by atoms with van der Waals surface area (Å²) in [7, 11) is 1.57. The van der Waals surface area contributed by atoms with Crippen LogP contribution >= 0.6 is 0 Å². The number of rotatable bonds is 9. The van der Waals surface area contributed by atoms with Gasteiger partial charge in [0.05, 0.1) is 13.2 Å². The lowest BCUT2D eigenvalue weighted by Crippen LogP contribution is -2.55. The summed E-state index contributed by atoms with van der Waals surface area (Å²) in [6.45, 7) is 2.20. The average Bonchev–Trinajstić information content (AvgIpc) is 3.36. The third-order valence-electron chi connectivity index (χ3n) is 6.44. The first-order valence-corrected chi connectivity index (χ1v) is 11.3. The molecule has 1 aliphatic heterocycles. The van der Waals surface area contributed by atoms with E-state index in [0.717, 1.165) is 23.7 Å². The van der Waals surface area contributed by atoms with E-state index in [2.05, 4.69) is 27.0 Å². The van der Waals surface area contributed by atoms with Crippen LogP contribution in [0.1, 0.15) is 49.5 Å². The molecule has 9 nitrogen and oxygen atoms in total. The number of ether oxygens (including phenoxy) is 1. The van der Waals surface area contributed by atoms with Gasteiger partial charge < -0.3 is 25.7 Å². The number of benzene rings is 1. The molecular weight excluding hydrogens is 422 g/mol. The molecule has 33 heavy (non-hydrogen) atoms. The van der Waals surface area contributed by atoms with E-state index in [1.54, 1.807) is 20.1 Å². The average molecular weight is 452 g/mol. The van der Waals surface area contributed by atoms with E-state index >= 15 is 0 Å². The first kappa shape index (κ1) is 22.6. The molecule has 4 N–H and O–H groups in total. The molecular formula is C24H29N5O4. The van der Waals surface area contributed by atoms with Gasteiger partial charge in [-0.15, -0.1) is 0 Å². The highest BCUT2D eigenvalue weighted by Crippen LogP contribution is 2.34. The van der Waals surface area contributed by atoms with Gasteiger partial charge in [0.25, 0.3) is 5.91 Å². The predicted molar refractivity (Wildman–Crippen MR) is 121 cm³/mol. The fourth-order valence-corrected chi connectivity index (χ4v) is 4.40. The van der Waals surface area contributed by atoms with Crippen LogP contribution in [0.25, 0.3) is 10.9 Å². The number of aromatic amines is 1. The van der Waals surface area contributed by atoms with Gasteiger partial charge in [-0.25, -0.2) is 0 Å². The van der Waals surface area contributed by atoms with Crippen molar-refractivity contribution in [2.24, 2.45) is 11.8 Å². The molecule has 3 atom stereocenters. The summed E-state index contributed by atoms with van der Waals surface area (Å²) in [5, 5.41) is 18.9. The van der Waals surface area contributed by atoms with Gasteiger partial charge in [0.1, 0.15) is 23.0 Å². The minimum atomic E-state index is -1.20. The van der Waals surface area contributed by atoms with Crippen molar-refractivity contribution in [3.63, 3.8) is 0 Å². The Morgan fingerprint density at radius 1 is 1.33 bits per heavy atom. The number of aromatic nitrogens is 1. The van der Waals surface area contributed by atoms with Crippen LogP contribution in [-0.4, -0.2) is 47.9 Å². The highest BCUT2D eigenvalue weighted by Gasteiger charge is 2.38. The maximum Gasteiger partial charge on any atom is 0.268 e. The Bertz CT molecular complexity index is 1120. The molecule has 0 bridgehead atoms. The van der Waals surface area contributed by atoms with Gasteiger partial charge in [-0.1, -0.05) is 18.9 Å². The van der Waals surface area contributed by atoms with Crippen molar-refractivity contribution in [1.82, 2.24) is 20.9 Å². The Labute approximate surface area is 192 Å². The van der Waals surface area contributed by atoms with Gasteiger partial charge in [0.2, 0.25) is 11.8 Å². The number of fused-ring (bicyclic) bond motifs is 1. The Kier molecular flexibility index (Phi) is 6.27. The fourth-order valence-electron chi connectivity index (χ4n) is 4.40. The van der Waals surface area contributed by atoms with Crippen molar-refractivity contribution in [3.05, 3.63) is 30.0 Å². The zero-order chi connectivity index (χ0) is 23.6. The third kappa shape index (κ3) is 5.11. The van der Waals surface area contributed by atoms with E-state index in [0.29, 0.717) is 36.7 Å². The summed E-state index contributed by atoms with van der Waals surface area (Å²) < 4.78 is 5.36. The molecule has 1 saturated heterocycles. The van der Waals surface area contributed by atoms with Crippen LogP contribution in [0.5, 0.6) is 5.75 Å². The van der Waals surface area contributed by atoms with Crippen molar-refractivity contribution in [3.8, 4) is 11.8 Å². The lowest BCUT2D eigenvalue weighted by molar-refractivity contribution is -0.126. The summed E-state index contributed by atoms with van der Waals surface area (Å²) in [5.74, 6) is -0.196. The normalized spacial score (nSPS) is 20.4. The van der Waals surface area contributed by atoms with Gasteiger partial charge in [-0.3, -0.25) is 14.4 Å². The van der Waals surface area contributed by atoms with Crippen LogP contribution in [0, 0.1) is 23.2 Å². The number of nitrogens with zero attached hydrogens (tertiary/aromatic N) is 1. The predicted octanol–water partition coefficient (Wildman–Crippen LogP) is 2.00. The molecule has 0 spiro atoms. The largest absolute Gasteiger partial charge is 0.496 e. The molecule has 0 radical (unpaired) electrons. The van der Waals surface area contributed by atoms with Gasteiger partial charge in [0, 0.05) is 23.4 Å². The lowest BCUT2D eigenvalue weighted by atomic mass is 9.88. The van der Waals surface area contributed by atoms with Crippen molar-refractivity contribution >= 4 is 28.6 Å². The quantitative estimate of drug-likeness (QED) is 0.462. The minimum absolute atomic E-state index is 0.0946. The topological polar surface area (TPSA) is 136 Å². The van der Waals surface area contributed by atoms with Crippen LogP contribution in [-0.2, 0) is 9.59 Å². The SMILES string of the molecule is COc1cccc2[nH]c(C(=O)N[C@@H](CC3CC3)C(=O)NC(C)(C#N)CC3CCNC3=O)cc12. The highest BCUT2D eigenvalue weighted by atomic mass is 16.5. The molecule has 1 aromatic carbocycles. The number of carbonyl (C=O) groups is 3. The second kappa shape index (κ2) is 9.14. The molecule has 2 aromatic rings. The highest BCUT2D eigenvalue weighted by molar-refractivity contribution is 6.01. The Balaban J connectivity index is 1.48. The number of hydrogen-bond acceptors (Lipinski definition) is 5. The molecule has 2 unspecified atom stereocenters. The molecule has 2 heterocycles. The Morgan fingerprint density at radius 3 is 2.76 bits per heavy atom. The monoisotopic (exact) mass is 451 g/mol. The zero-order valence-electron chi connectivity index (χ0n) is 18.9. The van der Waals surface area contributed by atoms with E-state index in [9.17, 15) is 19.6 Å². The summed E-state index contributed by atoms with van der Waals surface area (Å²) >= 11 is 0. The molecule has 9 heteroatoms. The number of amides is 3. The molecule has 1 aliphatic carbocycles. The molecule has 174 valence electrons. The smallest absolute Gasteiger partial charge is 0.268 e. The number of nitriles is 1. The Hall–Kier alpha value is -3.54. The fraction of sp³-hybridized carbons (Fsp3) is 0.500. The molecule has 4 rings (SSSR count). The van der Waals surface area contributed by atoms with Gasteiger partial charge in [-0.2, -0.15) is 5.26 Å². The Morgan fingerprint density at radius 2 is 2.12 bits per heavy atom. The molecule has 1 saturated carbocycles. The molecule has 2 fully saturated rings. The van der Waals surface area contributed by atoms with Crippen molar-refractivity contribution in [2.45, 2.75) is 50.6 Å². The summed E-state index contributed by atoms with van der Waals surface area (Å²) in [6, 6.07) is 8.57. The number of carbonyl (C=O) groups excluding carboxylic acids is 3. The van der Waals surface area contributed by atoms with E-state index in [1.165, 1.54) is 0 Å². The second-order valence-electron chi connectivity index (χ2n) is 9.22. The molecule has 2 aliphatic rings. The van der Waals surface area contributed by atoms with Crippen LogP contribution in [0.4, 0.5) is 0 Å². The van der Waals surface area contributed by atoms with Crippen molar-refractivity contribution in [1.29, 1.82) is 5.26 Å². The third-order valence-corrected chi connectivity index (χ3v) is 6.44. The zero-order valence-corrected chi connectivity index (χ0v) is 18.9. The number of H-pyrrole nitrogens is 1. The van der Waals surface area contributed by atoms with Crippen molar-refractivity contribution in [2.75, 3.05) is 13.7 Å². The van der Waals surface area contributed by atoms with Crippen LogP contribution in [0.2, 0.25) is 0 Å². The van der Waals surface area contributed by atoms with E-state index < -0.39 is 23.4 Å². The molecule has 3 amide bonds. The number of methoxy groups -OCH3 is 1. The standard InChI is InChI=1S/C24H29N5O4/c1-24(13-25,12-15-8-9-26-21(15)30)29-23(32)18(10-14-6-7-14)28-22(31)19-11-16-17(27-19)4-3-5-20(16)33-2/h3-5,11,14-15,18,27H,6-10,12H2,1-2H3,(H,26,30)(H,28,31)(H,29,32)/t15?,18-,24?/m0/s1. The number of hydrogen-bond donors (Lipinski definition) is 4. The summed E-state index contributed by atoms with van der Waals surface area (Å²) in [5.41, 5.74) is -0.117. The van der Waals surface area contributed by atoms with Gasteiger partial charge >= 0.3 is 0 Å². The minimum Gasteiger partial charge on any atom is -0.496 e. The number of nitrogens with one attached hydrogen (secondary N) is 4. The van der Waals surface area contributed by atoms with Crippen LogP contribution < -0.4 is 20.7 Å².